The first kappa shape index (κ1) is 23.3. The van der Waals surface area contributed by atoms with Crippen LogP contribution in [0, 0.1) is 6.92 Å². The zero-order chi connectivity index (χ0) is 22.9. The summed E-state index contributed by atoms with van der Waals surface area (Å²) in [7, 11) is 0. The van der Waals surface area contributed by atoms with E-state index in [9.17, 15) is 9.59 Å². The number of benzene rings is 1. The van der Waals surface area contributed by atoms with Crippen molar-refractivity contribution in [1.82, 2.24) is 15.5 Å². The molecule has 2 aromatic heterocycles. The van der Waals surface area contributed by atoms with Crippen LogP contribution in [0.2, 0.25) is 0 Å². The number of rotatable bonds is 10. The molecule has 0 radical (unpaired) electrons. The Morgan fingerprint density at radius 2 is 1.97 bits per heavy atom. The number of carbonyl (C=O) groups is 2. The molecule has 32 heavy (non-hydrogen) atoms. The molecule has 0 bridgehead atoms. The van der Waals surface area contributed by atoms with E-state index < -0.39 is 5.25 Å². The van der Waals surface area contributed by atoms with Crippen molar-refractivity contribution in [2.75, 3.05) is 11.1 Å². The van der Waals surface area contributed by atoms with E-state index >= 15 is 0 Å². The van der Waals surface area contributed by atoms with E-state index in [2.05, 4.69) is 20.8 Å². The van der Waals surface area contributed by atoms with Gasteiger partial charge in [0.05, 0.1) is 17.0 Å². The smallest absolute Gasteiger partial charge is 0.238 e. The lowest BCUT2D eigenvalue weighted by atomic mass is 10.1. The Balaban J connectivity index is 1.41. The molecule has 0 saturated heterocycles. The summed E-state index contributed by atoms with van der Waals surface area (Å²) >= 11 is 1.26. The van der Waals surface area contributed by atoms with E-state index in [1.54, 1.807) is 32.3 Å². The Morgan fingerprint density at radius 1 is 1.19 bits per heavy atom. The highest BCUT2D eigenvalue weighted by Gasteiger charge is 2.18. The molecule has 9 heteroatoms. The van der Waals surface area contributed by atoms with Crippen LogP contribution >= 0.6 is 11.8 Å². The quantitative estimate of drug-likeness (QED) is 0.479. The molecule has 0 saturated carbocycles. The average Bonchev–Trinajstić information content (AvgIpc) is 3.21. The van der Waals surface area contributed by atoms with Crippen molar-refractivity contribution in [2.24, 2.45) is 0 Å². The van der Waals surface area contributed by atoms with Gasteiger partial charge in [-0.25, -0.2) is 0 Å². The third-order valence-electron chi connectivity index (χ3n) is 4.60. The predicted molar refractivity (Wildman–Crippen MR) is 123 cm³/mol. The summed E-state index contributed by atoms with van der Waals surface area (Å²) < 4.78 is 10.7. The molecule has 1 aromatic carbocycles. The van der Waals surface area contributed by atoms with Crippen LogP contribution in [-0.2, 0) is 16.2 Å². The first-order valence-corrected chi connectivity index (χ1v) is 11.2. The molecule has 0 aliphatic carbocycles. The fourth-order valence-electron chi connectivity index (χ4n) is 2.80. The SMILES string of the molecule is Cc1cc(NC(=O)C(C)SCC(=O)NC(C)c2ccc(OCc3cccnc3)cc2)no1. The van der Waals surface area contributed by atoms with Crippen LogP contribution in [-0.4, -0.2) is 33.0 Å². The molecule has 168 valence electrons. The normalized spacial score (nSPS) is 12.6. The maximum Gasteiger partial charge on any atom is 0.238 e. The molecule has 0 spiro atoms. The number of amides is 2. The van der Waals surface area contributed by atoms with Crippen molar-refractivity contribution in [3.63, 3.8) is 0 Å². The second-order valence-corrected chi connectivity index (χ2v) is 8.60. The van der Waals surface area contributed by atoms with Gasteiger partial charge in [-0.2, -0.15) is 0 Å². The van der Waals surface area contributed by atoms with Crippen molar-refractivity contribution in [3.8, 4) is 5.75 Å². The van der Waals surface area contributed by atoms with Gasteiger partial charge in [-0.3, -0.25) is 14.6 Å². The topological polar surface area (TPSA) is 106 Å². The van der Waals surface area contributed by atoms with Gasteiger partial charge in [0.15, 0.2) is 5.82 Å². The highest BCUT2D eigenvalue weighted by Crippen LogP contribution is 2.19. The summed E-state index contributed by atoms with van der Waals surface area (Å²) in [5.41, 5.74) is 1.96. The standard InChI is InChI=1S/C23H26N4O4S/c1-15-11-21(27-31-15)26-23(29)17(3)32-14-22(28)25-16(2)19-6-8-20(9-7-19)30-13-18-5-4-10-24-12-18/h4-12,16-17H,13-14H2,1-3H3,(H,25,28)(H,26,27,29). The molecular formula is C23H26N4O4S. The second kappa shape index (κ2) is 11.3. The number of anilines is 1. The van der Waals surface area contributed by atoms with E-state index in [4.69, 9.17) is 9.26 Å². The lowest BCUT2D eigenvalue weighted by Crippen LogP contribution is -2.30. The van der Waals surface area contributed by atoms with Gasteiger partial charge >= 0.3 is 0 Å². The monoisotopic (exact) mass is 454 g/mol. The molecule has 3 aromatic rings. The molecule has 3 rings (SSSR count). The molecule has 8 nitrogen and oxygen atoms in total. The second-order valence-electron chi connectivity index (χ2n) is 7.27. The number of carbonyl (C=O) groups excluding carboxylic acids is 2. The molecular weight excluding hydrogens is 428 g/mol. The lowest BCUT2D eigenvalue weighted by molar-refractivity contribution is -0.119. The van der Waals surface area contributed by atoms with Crippen LogP contribution in [0.1, 0.15) is 36.8 Å². The summed E-state index contributed by atoms with van der Waals surface area (Å²) in [4.78, 5) is 28.6. The Labute approximate surface area is 191 Å². The van der Waals surface area contributed by atoms with Crippen molar-refractivity contribution in [2.45, 2.75) is 38.7 Å². The van der Waals surface area contributed by atoms with Crippen molar-refractivity contribution in [1.29, 1.82) is 0 Å². The van der Waals surface area contributed by atoms with Gasteiger partial charge in [0.25, 0.3) is 0 Å². The number of hydrogen-bond donors (Lipinski definition) is 2. The third kappa shape index (κ3) is 7.12. The van der Waals surface area contributed by atoms with Crippen LogP contribution in [0.4, 0.5) is 5.82 Å². The Morgan fingerprint density at radius 3 is 2.62 bits per heavy atom. The van der Waals surface area contributed by atoms with E-state index in [0.29, 0.717) is 18.2 Å². The average molecular weight is 455 g/mol. The molecule has 2 atom stereocenters. The highest BCUT2D eigenvalue weighted by molar-refractivity contribution is 8.01. The molecule has 2 amide bonds. The summed E-state index contributed by atoms with van der Waals surface area (Å²) in [5, 5.41) is 8.94. The van der Waals surface area contributed by atoms with Gasteiger partial charge in [0.1, 0.15) is 18.1 Å². The zero-order valence-corrected chi connectivity index (χ0v) is 19.0. The molecule has 0 aliphatic heterocycles. The summed E-state index contributed by atoms with van der Waals surface area (Å²) in [6, 6.07) is 12.9. The minimum atomic E-state index is -0.413. The van der Waals surface area contributed by atoms with Crippen molar-refractivity contribution in [3.05, 3.63) is 71.7 Å². The molecule has 2 N–H and O–H groups in total. The van der Waals surface area contributed by atoms with Gasteiger partial charge in [-0.05, 0) is 44.5 Å². The summed E-state index contributed by atoms with van der Waals surface area (Å²) in [6.07, 6.45) is 3.49. The number of aryl methyl sites for hydroxylation is 1. The number of aromatic nitrogens is 2. The molecule has 2 heterocycles. The minimum absolute atomic E-state index is 0.142. The molecule has 0 aliphatic rings. The van der Waals surface area contributed by atoms with Crippen molar-refractivity contribution >= 4 is 29.4 Å². The maximum atomic E-state index is 12.3. The Bertz CT molecular complexity index is 1020. The number of hydrogen-bond acceptors (Lipinski definition) is 7. The van der Waals surface area contributed by atoms with Crippen LogP contribution in [0.3, 0.4) is 0 Å². The van der Waals surface area contributed by atoms with Gasteiger partial charge in [-0.15, -0.1) is 11.8 Å². The Hall–Kier alpha value is -3.33. The first-order chi connectivity index (χ1) is 15.4. The number of ether oxygens (including phenoxy) is 1. The fraction of sp³-hybridized carbons (Fsp3) is 0.304. The predicted octanol–water partition coefficient (Wildman–Crippen LogP) is 3.89. The van der Waals surface area contributed by atoms with Crippen LogP contribution in [0.5, 0.6) is 5.75 Å². The lowest BCUT2D eigenvalue weighted by Gasteiger charge is -2.16. The first-order valence-electron chi connectivity index (χ1n) is 10.2. The van der Waals surface area contributed by atoms with E-state index in [0.717, 1.165) is 16.9 Å². The van der Waals surface area contributed by atoms with Crippen LogP contribution in [0.15, 0.2) is 59.4 Å². The largest absolute Gasteiger partial charge is 0.489 e. The zero-order valence-electron chi connectivity index (χ0n) is 18.2. The highest BCUT2D eigenvalue weighted by atomic mass is 32.2. The third-order valence-corrected chi connectivity index (χ3v) is 5.74. The minimum Gasteiger partial charge on any atom is -0.489 e. The van der Waals surface area contributed by atoms with Gasteiger partial charge in [0, 0.05) is 24.0 Å². The van der Waals surface area contributed by atoms with Crippen molar-refractivity contribution < 1.29 is 18.8 Å². The van der Waals surface area contributed by atoms with Gasteiger partial charge in [-0.1, -0.05) is 23.4 Å². The fourth-order valence-corrected chi connectivity index (χ4v) is 3.49. The Kier molecular flexibility index (Phi) is 8.27. The van der Waals surface area contributed by atoms with Crippen LogP contribution < -0.4 is 15.4 Å². The van der Waals surface area contributed by atoms with E-state index in [1.807, 2.05) is 43.3 Å². The summed E-state index contributed by atoms with van der Waals surface area (Å²) in [5.74, 6) is 1.52. The number of thioether (sulfide) groups is 1. The van der Waals surface area contributed by atoms with Gasteiger partial charge < -0.3 is 19.9 Å². The molecule has 0 fully saturated rings. The van der Waals surface area contributed by atoms with Gasteiger partial charge in [0.2, 0.25) is 11.8 Å². The van der Waals surface area contributed by atoms with E-state index in [1.165, 1.54) is 11.8 Å². The maximum absolute atomic E-state index is 12.3. The molecule has 2 unspecified atom stereocenters. The number of pyridine rings is 1. The number of nitrogens with zero attached hydrogens (tertiary/aromatic N) is 2. The summed E-state index contributed by atoms with van der Waals surface area (Å²) in [6.45, 7) is 5.85. The number of nitrogens with one attached hydrogen (secondary N) is 2. The van der Waals surface area contributed by atoms with Crippen LogP contribution in [0.25, 0.3) is 0 Å². The van der Waals surface area contributed by atoms with E-state index in [-0.39, 0.29) is 23.6 Å².